The zero-order valence-electron chi connectivity index (χ0n) is 14.1. The molecule has 0 radical (unpaired) electrons. The summed E-state index contributed by atoms with van der Waals surface area (Å²) in [4.78, 5) is 11.7. The standard InChI is InChI=1S/C19H17Cl2F2NO2/c1-18(2)16(17(25)26)19(18,10-14(20)21)9-11-12(22)5-6-13(15(11)23)24-7-3-4-8-24/h3-8,10,16H,9H2,1-2H3,(H,25,26). The van der Waals surface area contributed by atoms with E-state index in [-0.39, 0.29) is 22.2 Å². The van der Waals surface area contributed by atoms with E-state index >= 15 is 4.39 Å². The molecular weight excluding hydrogens is 383 g/mol. The number of hydrogen-bond donors (Lipinski definition) is 1. The molecule has 2 aromatic rings. The van der Waals surface area contributed by atoms with Gasteiger partial charge in [-0.15, -0.1) is 0 Å². The Labute approximate surface area is 159 Å². The highest BCUT2D eigenvalue weighted by atomic mass is 35.5. The average molecular weight is 400 g/mol. The fourth-order valence-electron chi connectivity index (χ4n) is 3.99. The van der Waals surface area contributed by atoms with Gasteiger partial charge in [0, 0.05) is 23.4 Å². The molecule has 2 unspecified atom stereocenters. The van der Waals surface area contributed by atoms with E-state index in [1.165, 1.54) is 22.8 Å². The molecule has 1 fully saturated rings. The summed E-state index contributed by atoms with van der Waals surface area (Å²) in [6.45, 7) is 3.45. The predicted molar refractivity (Wildman–Crippen MR) is 96.5 cm³/mol. The lowest BCUT2D eigenvalue weighted by Crippen LogP contribution is -2.16. The van der Waals surface area contributed by atoms with E-state index in [4.69, 9.17) is 23.2 Å². The largest absolute Gasteiger partial charge is 0.481 e. The molecule has 0 bridgehead atoms. The van der Waals surface area contributed by atoms with Crippen LogP contribution in [0.25, 0.3) is 5.69 Å². The van der Waals surface area contributed by atoms with Gasteiger partial charge in [0.25, 0.3) is 0 Å². The molecule has 2 atom stereocenters. The molecule has 1 saturated carbocycles. The van der Waals surface area contributed by atoms with Crippen LogP contribution in [0.15, 0.2) is 47.2 Å². The maximum atomic E-state index is 15.1. The molecule has 1 aromatic heterocycles. The van der Waals surface area contributed by atoms with Gasteiger partial charge in [-0.2, -0.15) is 0 Å². The third kappa shape index (κ3) is 2.83. The first-order valence-electron chi connectivity index (χ1n) is 7.98. The van der Waals surface area contributed by atoms with Crippen LogP contribution in [-0.4, -0.2) is 15.6 Å². The summed E-state index contributed by atoms with van der Waals surface area (Å²) in [5.41, 5.74) is -1.82. The monoisotopic (exact) mass is 399 g/mol. The van der Waals surface area contributed by atoms with Gasteiger partial charge < -0.3 is 9.67 Å². The van der Waals surface area contributed by atoms with Crippen molar-refractivity contribution in [1.29, 1.82) is 0 Å². The van der Waals surface area contributed by atoms with Crippen LogP contribution in [0.4, 0.5) is 8.78 Å². The van der Waals surface area contributed by atoms with Gasteiger partial charge in [0.15, 0.2) is 5.82 Å². The van der Waals surface area contributed by atoms with Crippen LogP contribution in [0, 0.1) is 28.4 Å². The van der Waals surface area contributed by atoms with Crippen LogP contribution < -0.4 is 0 Å². The minimum Gasteiger partial charge on any atom is -0.481 e. The maximum Gasteiger partial charge on any atom is 0.307 e. The topological polar surface area (TPSA) is 42.2 Å². The van der Waals surface area contributed by atoms with Crippen LogP contribution in [0.5, 0.6) is 0 Å². The van der Waals surface area contributed by atoms with Gasteiger partial charge in [0.1, 0.15) is 10.3 Å². The molecule has 0 aliphatic heterocycles. The van der Waals surface area contributed by atoms with E-state index < -0.39 is 34.4 Å². The van der Waals surface area contributed by atoms with E-state index in [1.807, 2.05) is 0 Å². The van der Waals surface area contributed by atoms with Crippen LogP contribution in [0.3, 0.4) is 0 Å². The molecule has 7 heteroatoms. The fraction of sp³-hybridized carbons (Fsp3) is 0.316. The van der Waals surface area contributed by atoms with E-state index in [1.54, 1.807) is 38.4 Å². The van der Waals surface area contributed by atoms with Crippen molar-refractivity contribution in [3.8, 4) is 5.69 Å². The number of halogens is 4. The number of carboxylic acids is 1. The molecule has 1 aliphatic rings. The van der Waals surface area contributed by atoms with Gasteiger partial charge >= 0.3 is 5.97 Å². The summed E-state index contributed by atoms with van der Waals surface area (Å²) in [7, 11) is 0. The Balaban J connectivity index is 2.11. The highest BCUT2D eigenvalue weighted by Gasteiger charge is 2.73. The number of carbonyl (C=O) groups is 1. The predicted octanol–water partition coefficient (Wildman–Crippen LogP) is 5.34. The number of nitrogens with zero attached hydrogens (tertiary/aromatic N) is 1. The average Bonchev–Trinajstić information content (AvgIpc) is 2.89. The molecule has 1 heterocycles. The molecule has 1 aromatic carbocycles. The summed E-state index contributed by atoms with van der Waals surface area (Å²) < 4.78 is 31.0. The van der Waals surface area contributed by atoms with Crippen molar-refractivity contribution in [2.75, 3.05) is 0 Å². The first-order chi connectivity index (χ1) is 12.1. The van der Waals surface area contributed by atoms with Crippen molar-refractivity contribution in [1.82, 2.24) is 4.57 Å². The second-order valence-electron chi connectivity index (χ2n) is 7.09. The molecule has 3 rings (SSSR count). The Hall–Kier alpha value is -1.85. The van der Waals surface area contributed by atoms with Gasteiger partial charge in [-0.1, -0.05) is 37.0 Å². The summed E-state index contributed by atoms with van der Waals surface area (Å²) >= 11 is 11.6. The molecular formula is C19H17Cl2F2NO2. The molecule has 0 saturated heterocycles. The zero-order chi connectivity index (χ0) is 19.3. The highest BCUT2D eigenvalue weighted by Crippen LogP contribution is 2.71. The lowest BCUT2D eigenvalue weighted by atomic mass is 9.87. The Bertz CT molecular complexity index is 889. The Kier molecular flexibility index (Phi) is 4.65. The SMILES string of the molecule is CC1(C)C(C(=O)O)C1(C=C(Cl)Cl)Cc1c(F)ccc(-n2cccc2)c1F. The first kappa shape index (κ1) is 18.9. The lowest BCUT2D eigenvalue weighted by Gasteiger charge is -2.19. The summed E-state index contributed by atoms with van der Waals surface area (Å²) in [5, 5.41) is 9.55. The molecule has 0 amide bonds. The van der Waals surface area contributed by atoms with Crippen molar-refractivity contribution in [2.45, 2.75) is 20.3 Å². The van der Waals surface area contributed by atoms with Crippen LogP contribution in [0.1, 0.15) is 19.4 Å². The number of benzene rings is 1. The van der Waals surface area contributed by atoms with Crippen LogP contribution in [0.2, 0.25) is 0 Å². The fourth-order valence-corrected chi connectivity index (χ4v) is 4.38. The molecule has 26 heavy (non-hydrogen) atoms. The number of carboxylic acid groups (broad SMARTS) is 1. The second kappa shape index (κ2) is 6.39. The van der Waals surface area contributed by atoms with Crippen molar-refractivity contribution in [2.24, 2.45) is 16.7 Å². The van der Waals surface area contributed by atoms with E-state index in [0.29, 0.717) is 0 Å². The van der Waals surface area contributed by atoms with Gasteiger partial charge in [-0.25, -0.2) is 8.78 Å². The summed E-state index contributed by atoms with van der Waals surface area (Å²) in [6.07, 6.45) is 4.53. The van der Waals surface area contributed by atoms with E-state index in [9.17, 15) is 14.3 Å². The van der Waals surface area contributed by atoms with Crippen molar-refractivity contribution in [3.63, 3.8) is 0 Å². The maximum absolute atomic E-state index is 15.1. The molecule has 3 nitrogen and oxygen atoms in total. The molecule has 0 spiro atoms. The number of rotatable bonds is 5. The summed E-state index contributed by atoms with van der Waals surface area (Å²) in [5.74, 6) is -3.37. The second-order valence-corrected chi connectivity index (χ2v) is 8.10. The number of allylic oxidation sites excluding steroid dienone is 1. The Morgan fingerprint density at radius 1 is 1.27 bits per heavy atom. The smallest absolute Gasteiger partial charge is 0.307 e. The Morgan fingerprint density at radius 2 is 1.88 bits per heavy atom. The minimum absolute atomic E-state index is 0.121. The molecule has 1 aliphatic carbocycles. The third-order valence-electron chi connectivity index (χ3n) is 5.48. The number of aliphatic carboxylic acids is 1. The zero-order valence-corrected chi connectivity index (χ0v) is 15.7. The first-order valence-corrected chi connectivity index (χ1v) is 8.74. The lowest BCUT2D eigenvalue weighted by molar-refractivity contribution is -0.139. The van der Waals surface area contributed by atoms with Crippen LogP contribution >= 0.6 is 23.2 Å². The van der Waals surface area contributed by atoms with E-state index in [2.05, 4.69) is 0 Å². The van der Waals surface area contributed by atoms with Crippen molar-refractivity contribution < 1.29 is 18.7 Å². The van der Waals surface area contributed by atoms with Crippen LogP contribution in [-0.2, 0) is 11.2 Å². The van der Waals surface area contributed by atoms with Gasteiger partial charge in [0.2, 0.25) is 0 Å². The number of aromatic nitrogens is 1. The van der Waals surface area contributed by atoms with Gasteiger partial charge in [0.05, 0.1) is 11.6 Å². The Morgan fingerprint density at radius 3 is 2.38 bits per heavy atom. The van der Waals surface area contributed by atoms with Gasteiger partial charge in [-0.3, -0.25) is 4.79 Å². The van der Waals surface area contributed by atoms with E-state index in [0.717, 1.165) is 0 Å². The van der Waals surface area contributed by atoms with Crippen molar-refractivity contribution in [3.05, 3.63) is 64.4 Å². The normalized spacial score (nSPS) is 23.5. The number of hydrogen-bond acceptors (Lipinski definition) is 1. The summed E-state index contributed by atoms with van der Waals surface area (Å²) in [6, 6.07) is 5.98. The minimum atomic E-state index is -1.07. The molecule has 138 valence electrons. The molecule has 1 N–H and O–H groups in total. The van der Waals surface area contributed by atoms with Crippen molar-refractivity contribution >= 4 is 29.2 Å². The highest BCUT2D eigenvalue weighted by molar-refractivity contribution is 6.55. The quantitative estimate of drug-likeness (QED) is 0.736. The third-order valence-corrected chi connectivity index (χ3v) is 5.70. The van der Waals surface area contributed by atoms with Gasteiger partial charge in [-0.05, 0) is 42.2 Å².